The van der Waals surface area contributed by atoms with Crippen LogP contribution in [0.5, 0.6) is 0 Å². The zero-order chi connectivity index (χ0) is 10.2. The Balaban J connectivity index is 3.93. The van der Waals surface area contributed by atoms with Gasteiger partial charge in [-0.1, -0.05) is 0 Å². The van der Waals surface area contributed by atoms with Gasteiger partial charge >= 0.3 is 0 Å². The van der Waals surface area contributed by atoms with Crippen LogP contribution >= 0.6 is 0 Å². The molecule has 0 radical (unpaired) electrons. The number of nitrogens with zero attached hydrogens (tertiary/aromatic N) is 3. The molecule has 0 aromatic rings. The number of halogens is 1. The first-order chi connectivity index (χ1) is 6.18. The Morgan fingerprint density at radius 1 is 1.00 bits per heavy atom. The summed E-state index contributed by atoms with van der Waals surface area (Å²) in [5.41, 5.74) is -1.92. The second-order valence-corrected chi connectivity index (χ2v) is 2.75. The lowest BCUT2D eigenvalue weighted by Crippen LogP contribution is -2.19. The van der Waals surface area contributed by atoms with Gasteiger partial charge in [-0.25, -0.2) is 4.39 Å². The SMILES string of the molecule is N#CCCCC(F)(C#N)CCC#N. The van der Waals surface area contributed by atoms with E-state index in [-0.39, 0.29) is 25.7 Å². The van der Waals surface area contributed by atoms with E-state index in [9.17, 15) is 4.39 Å². The third-order valence-electron chi connectivity index (χ3n) is 1.70. The van der Waals surface area contributed by atoms with Gasteiger partial charge in [0.1, 0.15) is 6.07 Å². The Hall–Kier alpha value is -1.60. The van der Waals surface area contributed by atoms with E-state index < -0.39 is 5.67 Å². The lowest BCUT2D eigenvalue weighted by molar-refractivity contribution is 0.206. The van der Waals surface area contributed by atoms with Crippen molar-refractivity contribution in [2.24, 2.45) is 0 Å². The van der Waals surface area contributed by atoms with E-state index in [2.05, 4.69) is 0 Å². The second-order valence-electron chi connectivity index (χ2n) is 2.75. The maximum absolute atomic E-state index is 13.4. The van der Waals surface area contributed by atoms with Gasteiger partial charge < -0.3 is 0 Å². The largest absolute Gasteiger partial charge is 0.227 e. The lowest BCUT2D eigenvalue weighted by atomic mass is 9.95. The Kier molecular flexibility index (Phi) is 5.24. The fourth-order valence-corrected chi connectivity index (χ4v) is 0.938. The van der Waals surface area contributed by atoms with Crippen molar-refractivity contribution in [1.82, 2.24) is 0 Å². The van der Waals surface area contributed by atoms with Gasteiger partial charge in [0, 0.05) is 19.3 Å². The number of nitriles is 3. The predicted octanol–water partition coefficient (Wildman–Crippen LogP) is 2.22. The van der Waals surface area contributed by atoms with Gasteiger partial charge in [-0.3, -0.25) is 0 Å². The molecule has 0 bridgehead atoms. The molecule has 13 heavy (non-hydrogen) atoms. The van der Waals surface area contributed by atoms with E-state index in [0.29, 0.717) is 6.42 Å². The molecule has 0 amide bonds. The van der Waals surface area contributed by atoms with Crippen molar-refractivity contribution in [3.05, 3.63) is 0 Å². The molecule has 4 heteroatoms. The van der Waals surface area contributed by atoms with Crippen LogP contribution in [0.3, 0.4) is 0 Å². The number of alkyl halides is 1. The summed E-state index contributed by atoms with van der Waals surface area (Å²) in [5, 5.41) is 24.9. The van der Waals surface area contributed by atoms with Crippen LogP contribution in [-0.4, -0.2) is 5.67 Å². The molecule has 0 fully saturated rings. The molecule has 1 unspecified atom stereocenters. The molecule has 0 rings (SSSR count). The number of rotatable bonds is 5. The molecule has 1 atom stereocenters. The highest BCUT2D eigenvalue weighted by Crippen LogP contribution is 2.23. The fraction of sp³-hybridized carbons (Fsp3) is 0.667. The summed E-state index contributed by atoms with van der Waals surface area (Å²) in [7, 11) is 0. The van der Waals surface area contributed by atoms with E-state index in [1.54, 1.807) is 12.1 Å². The Morgan fingerprint density at radius 2 is 1.62 bits per heavy atom. The van der Waals surface area contributed by atoms with Gasteiger partial charge in [0.2, 0.25) is 0 Å². The van der Waals surface area contributed by atoms with Crippen molar-refractivity contribution >= 4 is 0 Å². The lowest BCUT2D eigenvalue weighted by Gasteiger charge is -2.14. The molecular weight excluding hydrogens is 169 g/mol. The molecule has 0 spiro atoms. The normalized spacial score (nSPS) is 13.4. The van der Waals surface area contributed by atoms with Gasteiger partial charge in [-0.15, -0.1) is 0 Å². The van der Waals surface area contributed by atoms with E-state index in [1.165, 1.54) is 0 Å². The van der Waals surface area contributed by atoms with Crippen LogP contribution < -0.4 is 0 Å². The van der Waals surface area contributed by atoms with Gasteiger partial charge in [0.25, 0.3) is 0 Å². The zero-order valence-corrected chi connectivity index (χ0v) is 7.26. The maximum Gasteiger partial charge on any atom is 0.197 e. The van der Waals surface area contributed by atoms with Crippen molar-refractivity contribution in [3.63, 3.8) is 0 Å². The minimum atomic E-state index is -1.92. The van der Waals surface area contributed by atoms with Crippen molar-refractivity contribution < 1.29 is 4.39 Å². The molecule has 0 aliphatic carbocycles. The first-order valence-corrected chi connectivity index (χ1v) is 4.02. The maximum atomic E-state index is 13.4. The zero-order valence-electron chi connectivity index (χ0n) is 7.26. The highest BCUT2D eigenvalue weighted by Gasteiger charge is 2.27. The molecule has 0 heterocycles. The van der Waals surface area contributed by atoms with Gasteiger partial charge in [0.15, 0.2) is 5.67 Å². The Bertz CT molecular complexity index is 268. The summed E-state index contributed by atoms with van der Waals surface area (Å²) in [6.45, 7) is 0. The summed E-state index contributed by atoms with van der Waals surface area (Å²) in [4.78, 5) is 0. The summed E-state index contributed by atoms with van der Waals surface area (Å²) in [5.74, 6) is 0. The number of hydrogen-bond acceptors (Lipinski definition) is 3. The first-order valence-electron chi connectivity index (χ1n) is 4.02. The van der Waals surface area contributed by atoms with Crippen LogP contribution in [0.1, 0.15) is 32.1 Å². The monoisotopic (exact) mass is 179 g/mol. The number of unbranched alkanes of at least 4 members (excludes halogenated alkanes) is 1. The summed E-state index contributed by atoms with van der Waals surface area (Å²) in [6.07, 6.45) is 0.632. The average Bonchev–Trinajstić information content (AvgIpc) is 2.15. The molecule has 0 saturated carbocycles. The summed E-state index contributed by atoms with van der Waals surface area (Å²) in [6, 6.07) is 5.22. The minimum Gasteiger partial charge on any atom is -0.227 e. The molecule has 0 aliphatic rings. The smallest absolute Gasteiger partial charge is 0.197 e. The third-order valence-corrected chi connectivity index (χ3v) is 1.70. The van der Waals surface area contributed by atoms with Gasteiger partial charge in [0.05, 0.1) is 12.1 Å². The van der Waals surface area contributed by atoms with E-state index >= 15 is 0 Å². The predicted molar refractivity (Wildman–Crippen MR) is 43.8 cm³/mol. The van der Waals surface area contributed by atoms with Crippen LogP contribution in [0, 0.1) is 34.0 Å². The van der Waals surface area contributed by atoms with Crippen molar-refractivity contribution in [2.75, 3.05) is 0 Å². The average molecular weight is 179 g/mol. The summed E-state index contributed by atoms with van der Waals surface area (Å²) < 4.78 is 13.4. The molecule has 3 nitrogen and oxygen atoms in total. The molecule has 0 aliphatic heterocycles. The van der Waals surface area contributed by atoms with Crippen LogP contribution in [0.4, 0.5) is 4.39 Å². The van der Waals surface area contributed by atoms with E-state index in [0.717, 1.165) is 0 Å². The van der Waals surface area contributed by atoms with Crippen LogP contribution in [0.15, 0.2) is 0 Å². The van der Waals surface area contributed by atoms with Crippen LogP contribution in [0.25, 0.3) is 0 Å². The van der Waals surface area contributed by atoms with Crippen molar-refractivity contribution in [3.8, 4) is 18.2 Å². The molecular formula is C9H10FN3. The second kappa shape index (κ2) is 5.98. The van der Waals surface area contributed by atoms with Crippen LogP contribution in [0.2, 0.25) is 0 Å². The van der Waals surface area contributed by atoms with E-state index in [4.69, 9.17) is 15.8 Å². The van der Waals surface area contributed by atoms with Crippen LogP contribution in [-0.2, 0) is 0 Å². The molecule has 0 aromatic heterocycles. The fourth-order valence-electron chi connectivity index (χ4n) is 0.938. The Labute approximate surface area is 77.0 Å². The minimum absolute atomic E-state index is 0.0383. The van der Waals surface area contributed by atoms with E-state index in [1.807, 2.05) is 6.07 Å². The Morgan fingerprint density at radius 3 is 2.08 bits per heavy atom. The van der Waals surface area contributed by atoms with Gasteiger partial charge in [-0.05, 0) is 12.8 Å². The topological polar surface area (TPSA) is 71.4 Å². The van der Waals surface area contributed by atoms with Crippen molar-refractivity contribution in [2.45, 2.75) is 37.8 Å². The first kappa shape index (κ1) is 11.4. The highest BCUT2D eigenvalue weighted by molar-refractivity contribution is 5.02. The number of hydrogen-bond donors (Lipinski definition) is 0. The standard InChI is InChI=1S/C9H10FN3/c10-9(8-13,5-3-7-12)4-1-2-6-11/h1-5H2. The molecule has 68 valence electrons. The quantitative estimate of drug-likeness (QED) is 0.607. The highest BCUT2D eigenvalue weighted by atomic mass is 19.1. The molecule has 0 N–H and O–H groups in total. The molecule has 0 saturated heterocycles. The molecule has 0 aromatic carbocycles. The third kappa shape index (κ3) is 4.77. The van der Waals surface area contributed by atoms with Crippen molar-refractivity contribution in [1.29, 1.82) is 15.8 Å². The summed E-state index contributed by atoms with van der Waals surface area (Å²) >= 11 is 0. The van der Waals surface area contributed by atoms with Gasteiger partial charge in [-0.2, -0.15) is 15.8 Å².